The van der Waals surface area contributed by atoms with E-state index in [2.05, 4.69) is 32.3 Å². The minimum atomic E-state index is -0.471. The molecule has 37 heavy (non-hydrogen) atoms. The maximum Gasteiger partial charge on any atom is 0.343 e. The van der Waals surface area contributed by atoms with Gasteiger partial charge >= 0.3 is 5.97 Å². The molecule has 6 nitrogen and oxygen atoms in total. The quantitative estimate of drug-likeness (QED) is 0.173. The number of allylic oxidation sites excluding steroid dienone is 1. The molecule has 0 atom stereocenters. The number of rotatable bonds is 5. The number of methoxy groups -OCH3 is 1. The number of carbonyl (C=O) groups is 2. The van der Waals surface area contributed by atoms with E-state index in [0.29, 0.717) is 22.6 Å². The minimum absolute atomic E-state index is 0.00492. The van der Waals surface area contributed by atoms with E-state index in [9.17, 15) is 9.59 Å². The second-order valence-corrected chi connectivity index (χ2v) is 10.1. The molecule has 1 aromatic heterocycles. The van der Waals surface area contributed by atoms with Crippen molar-refractivity contribution in [1.82, 2.24) is 4.57 Å². The van der Waals surface area contributed by atoms with Gasteiger partial charge in [-0.05, 0) is 66.4 Å². The van der Waals surface area contributed by atoms with Crippen LogP contribution in [0, 0.1) is 0 Å². The first kappa shape index (κ1) is 24.4. The van der Waals surface area contributed by atoms with Crippen LogP contribution in [0.1, 0.15) is 59.5 Å². The van der Waals surface area contributed by atoms with Crippen LogP contribution in [0.25, 0.3) is 17.0 Å². The lowest BCUT2D eigenvalue weighted by Crippen LogP contribution is -2.12. The summed E-state index contributed by atoms with van der Waals surface area (Å²) in [7, 11) is 1.63. The normalized spacial score (nSPS) is 14.1. The Hall–Kier alpha value is -4.32. The molecule has 1 aliphatic rings. The Bertz CT molecular complexity index is 1550. The molecule has 4 aromatic rings. The van der Waals surface area contributed by atoms with E-state index in [1.165, 1.54) is 0 Å². The third kappa shape index (κ3) is 4.62. The molecule has 5 rings (SSSR count). The van der Waals surface area contributed by atoms with Crippen LogP contribution in [-0.2, 0) is 12.0 Å². The van der Waals surface area contributed by atoms with Crippen molar-refractivity contribution in [2.24, 2.45) is 0 Å². The van der Waals surface area contributed by atoms with Crippen molar-refractivity contribution in [3.05, 3.63) is 94.9 Å². The molecule has 188 valence electrons. The molecule has 0 saturated carbocycles. The van der Waals surface area contributed by atoms with E-state index >= 15 is 0 Å². The highest BCUT2D eigenvalue weighted by atomic mass is 16.5. The fourth-order valence-electron chi connectivity index (χ4n) is 4.45. The van der Waals surface area contributed by atoms with Crippen LogP contribution in [0.4, 0.5) is 0 Å². The molecular formula is C31H29NO5. The van der Waals surface area contributed by atoms with Gasteiger partial charge in [0, 0.05) is 35.3 Å². The summed E-state index contributed by atoms with van der Waals surface area (Å²) in [5, 5.41) is 0.966. The average molecular weight is 496 g/mol. The Morgan fingerprint density at radius 1 is 1.00 bits per heavy atom. The molecule has 6 heteroatoms. The number of Topliss-reactive ketones (excluding diaryl/α,β-unsaturated/α-hetero) is 1. The maximum atomic E-state index is 13.1. The van der Waals surface area contributed by atoms with Gasteiger partial charge in [0.15, 0.2) is 5.76 Å². The van der Waals surface area contributed by atoms with Crippen molar-refractivity contribution in [2.75, 3.05) is 7.11 Å². The number of carbonyl (C=O) groups excluding carboxylic acids is 2. The summed E-state index contributed by atoms with van der Waals surface area (Å²) in [6, 6.07) is 18.1. The van der Waals surface area contributed by atoms with Gasteiger partial charge in [-0.15, -0.1) is 0 Å². The summed E-state index contributed by atoms with van der Waals surface area (Å²) in [6.45, 7) is 9.21. The lowest BCUT2D eigenvalue weighted by atomic mass is 9.87. The van der Waals surface area contributed by atoms with Gasteiger partial charge in [0.1, 0.15) is 17.2 Å². The maximum absolute atomic E-state index is 13.1. The Morgan fingerprint density at radius 2 is 1.73 bits per heavy atom. The highest BCUT2D eigenvalue weighted by Gasteiger charge is 2.28. The van der Waals surface area contributed by atoms with Crippen LogP contribution in [0.15, 0.2) is 72.6 Å². The van der Waals surface area contributed by atoms with E-state index in [-0.39, 0.29) is 17.0 Å². The number of hydrogen-bond donors (Lipinski definition) is 0. The van der Waals surface area contributed by atoms with Crippen LogP contribution in [-0.4, -0.2) is 23.4 Å². The summed E-state index contributed by atoms with van der Waals surface area (Å²) in [5.74, 6) is 0.941. The van der Waals surface area contributed by atoms with Crippen molar-refractivity contribution in [3.63, 3.8) is 0 Å². The average Bonchev–Trinajstić information content (AvgIpc) is 3.39. The number of aromatic nitrogens is 1. The SMILES string of the molecule is CCn1cc(C=C2Oc3cc(OC(=O)c4ccc(C(C)(C)C)cc4)ccc3C2=O)c2cc(OC)ccc21. The van der Waals surface area contributed by atoms with Crippen LogP contribution in [0.3, 0.4) is 0 Å². The van der Waals surface area contributed by atoms with Gasteiger partial charge in [-0.25, -0.2) is 4.79 Å². The Kier molecular flexibility index (Phi) is 6.12. The van der Waals surface area contributed by atoms with Crippen molar-refractivity contribution in [3.8, 4) is 17.2 Å². The topological polar surface area (TPSA) is 66.8 Å². The Labute approximate surface area is 216 Å². The molecule has 0 radical (unpaired) electrons. The molecule has 0 unspecified atom stereocenters. The van der Waals surface area contributed by atoms with Gasteiger partial charge < -0.3 is 18.8 Å². The number of aryl methyl sites for hydroxylation is 1. The molecule has 0 amide bonds. The second-order valence-electron chi connectivity index (χ2n) is 10.1. The van der Waals surface area contributed by atoms with Gasteiger partial charge in [-0.2, -0.15) is 0 Å². The molecule has 1 aliphatic heterocycles. The summed E-state index contributed by atoms with van der Waals surface area (Å²) < 4.78 is 19.0. The van der Waals surface area contributed by atoms with Crippen LogP contribution >= 0.6 is 0 Å². The van der Waals surface area contributed by atoms with Crippen LogP contribution in [0.2, 0.25) is 0 Å². The predicted molar refractivity (Wildman–Crippen MR) is 144 cm³/mol. The zero-order valence-corrected chi connectivity index (χ0v) is 21.6. The zero-order chi connectivity index (χ0) is 26.3. The fourth-order valence-corrected chi connectivity index (χ4v) is 4.45. The number of fused-ring (bicyclic) bond motifs is 2. The standard InChI is InChI=1S/C31H29NO5/c1-6-32-18-20(25-16-22(35-5)12-14-26(25)32)15-28-29(33)24-13-11-23(17-27(24)37-28)36-30(34)19-7-9-21(10-8-19)31(2,3)4/h7-18H,6H2,1-5H3. The van der Waals surface area contributed by atoms with E-state index in [1.807, 2.05) is 36.5 Å². The molecule has 0 aliphatic carbocycles. The van der Waals surface area contributed by atoms with Gasteiger partial charge in [-0.1, -0.05) is 32.9 Å². The number of ether oxygens (including phenoxy) is 3. The Balaban J connectivity index is 1.39. The molecule has 0 spiro atoms. The fraction of sp³-hybridized carbons (Fsp3) is 0.226. The highest BCUT2D eigenvalue weighted by Crippen LogP contribution is 2.36. The van der Waals surface area contributed by atoms with Crippen molar-refractivity contribution in [2.45, 2.75) is 39.7 Å². The third-order valence-electron chi connectivity index (χ3n) is 6.58. The lowest BCUT2D eigenvalue weighted by molar-refractivity contribution is 0.0734. The summed E-state index contributed by atoms with van der Waals surface area (Å²) in [6.07, 6.45) is 3.74. The number of hydrogen-bond acceptors (Lipinski definition) is 5. The van der Waals surface area contributed by atoms with Crippen molar-refractivity contribution < 1.29 is 23.8 Å². The highest BCUT2D eigenvalue weighted by molar-refractivity contribution is 6.15. The number of benzene rings is 3. The summed E-state index contributed by atoms with van der Waals surface area (Å²) >= 11 is 0. The third-order valence-corrected chi connectivity index (χ3v) is 6.58. The van der Waals surface area contributed by atoms with Crippen molar-refractivity contribution >= 4 is 28.7 Å². The van der Waals surface area contributed by atoms with E-state index in [4.69, 9.17) is 14.2 Å². The number of ketones is 1. The molecule has 0 saturated heterocycles. The van der Waals surface area contributed by atoms with Gasteiger partial charge in [0.05, 0.1) is 18.2 Å². The molecule has 0 fully saturated rings. The molecule has 2 heterocycles. The number of nitrogens with zero attached hydrogens (tertiary/aromatic N) is 1. The first-order valence-corrected chi connectivity index (χ1v) is 12.3. The van der Waals surface area contributed by atoms with Gasteiger partial charge in [0.2, 0.25) is 5.78 Å². The van der Waals surface area contributed by atoms with E-state index < -0.39 is 5.97 Å². The summed E-state index contributed by atoms with van der Waals surface area (Å²) in [5.41, 5.74) is 3.91. The minimum Gasteiger partial charge on any atom is -0.497 e. The molecular weight excluding hydrogens is 466 g/mol. The first-order chi connectivity index (χ1) is 17.7. The zero-order valence-electron chi connectivity index (χ0n) is 21.6. The summed E-state index contributed by atoms with van der Waals surface area (Å²) in [4.78, 5) is 25.8. The van der Waals surface area contributed by atoms with E-state index in [0.717, 1.165) is 34.3 Å². The van der Waals surface area contributed by atoms with Crippen LogP contribution in [0.5, 0.6) is 17.2 Å². The predicted octanol–water partition coefficient (Wildman–Crippen LogP) is 6.80. The van der Waals surface area contributed by atoms with Crippen molar-refractivity contribution in [1.29, 1.82) is 0 Å². The van der Waals surface area contributed by atoms with Gasteiger partial charge in [-0.3, -0.25) is 4.79 Å². The van der Waals surface area contributed by atoms with Gasteiger partial charge in [0.25, 0.3) is 0 Å². The molecule has 0 bridgehead atoms. The Morgan fingerprint density at radius 3 is 2.41 bits per heavy atom. The monoisotopic (exact) mass is 495 g/mol. The lowest BCUT2D eigenvalue weighted by Gasteiger charge is -2.18. The first-order valence-electron chi connectivity index (χ1n) is 12.3. The molecule has 3 aromatic carbocycles. The van der Waals surface area contributed by atoms with Crippen LogP contribution < -0.4 is 14.2 Å². The van der Waals surface area contributed by atoms with E-state index in [1.54, 1.807) is 43.5 Å². The number of esters is 1. The smallest absolute Gasteiger partial charge is 0.343 e. The second kappa shape index (κ2) is 9.28. The largest absolute Gasteiger partial charge is 0.497 e. The molecule has 0 N–H and O–H groups in total.